The molecule has 0 bridgehead atoms. The van der Waals surface area contributed by atoms with Crippen LogP contribution in [0.3, 0.4) is 0 Å². The van der Waals surface area contributed by atoms with Crippen LogP contribution in [-0.4, -0.2) is 25.4 Å². The van der Waals surface area contributed by atoms with E-state index in [0.29, 0.717) is 12.1 Å². The zero-order chi connectivity index (χ0) is 23.2. The quantitative estimate of drug-likeness (QED) is 0.427. The standard InChI is InChI=1S/C27H33N3O3/c1-2-3-5-14-25-28-30(22-10-6-4-7-11-22)27(33)29(25)19-20-15-17-21(18-16-20)23-12-8-9-13-24(23)26(31)32/h8-9,12-13,15-18,22H,2-7,10-11,14,19H2,1H3,(H,31,32). The number of nitrogens with zero attached hydrogens (tertiary/aromatic N) is 3. The molecule has 1 saturated carbocycles. The van der Waals surface area contributed by atoms with E-state index in [-0.39, 0.29) is 17.3 Å². The van der Waals surface area contributed by atoms with Gasteiger partial charge in [-0.05, 0) is 42.0 Å². The van der Waals surface area contributed by atoms with Gasteiger partial charge in [0.05, 0.1) is 18.2 Å². The van der Waals surface area contributed by atoms with Crippen LogP contribution < -0.4 is 5.69 Å². The number of carboxylic acid groups (broad SMARTS) is 1. The van der Waals surface area contributed by atoms with E-state index >= 15 is 0 Å². The van der Waals surface area contributed by atoms with Crippen molar-refractivity contribution in [1.29, 1.82) is 0 Å². The molecule has 0 aliphatic heterocycles. The minimum absolute atomic E-state index is 0.00584. The third-order valence-corrected chi connectivity index (χ3v) is 6.65. The lowest BCUT2D eigenvalue weighted by atomic mass is 9.96. The zero-order valence-electron chi connectivity index (χ0n) is 19.4. The monoisotopic (exact) mass is 447 g/mol. The first kappa shape index (κ1) is 23.0. The van der Waals surface area contributed by atoms with Gasteiger partial charge in [0.1, 0.15) is 5.82 Å². The number of rotatable bonds is 9. The van der Waals surface area contributed by atoms with Gasteiger partial charge < -0.3 is 5.11 Å². The predicted octanol–water partition coefficient (Wildman–Crippen LogP) is 5.70. The van der Waals surface area contributed by atoms with Crippen molar-refractivity contribution in [3.8, 4) is 11.1 Å². The van der Waals surface area contributed by atoms with Gasteiger partial charge in [-0.1, -0.05) is 81.5 Å². The van der Waals surface area contributed by atoms with Crippen LogP contribution in [0.1, 0.15) is 86.1 Å². The largest absolute Gasteiger partial charge is 0.478 e. The molecule has 0 saturated heterocycles. The number of carboxylic acids is 1. The fraction of sp³-hybridized carbons (Fsp3) is 0.444. The molecule has 1 N–H and O–H groups in total. The van der Waals surface area contributed by atoms with Crippen LogP contribution in [-0.2, 0) is 13.0 Å². The first-order valence-corrected chi connectivity index (χ1v) is 12.2. The van der Waals surface area contributed by atoms with Crippen LogP contribution in [0, 0.1) is 0 Å². The highest BCUT2D eigenvalue weighted by atomic mass is 16.4. The molecule has 6 nitrogen and oxygen atoms in total. The summed E-state index contributed by atoms with van der Waals surface area (Å²) in [4.78, 5) is 24.9. The van der Waals surface area contributed by atoms with E-state index in [1.165, 1.54) is 6.42 Å². The number of hydrogen-bond acceptors (Lipinski definition) is 3. The number of unbranched alkanes of at least 4 members (excludes halogenated alkanes) is 2. The molecule has 33 heavy (non-hydrogen) atoms. The second-order valence-corrected chi connectivity index (χ2v) is 9.03. The van der Waals surface area contributed by atoms with Crippen molar-refractivity contribution in [3.63, 3.8) is 0 Å². The lowest BCUT2D eigenvalue weighted by Crippen LogP contribution is -2.30. The number of benzene rings is 2. The Labute approximate surface area is 194 Å². The van der Waals surface area contributed by atoms with Crippen molar-refractivity contribution in [2.24, 2.45) is 0 Å². The number of carbonyl (C=O) groups is 1. The molecule has 1 fully saturated rings. The summed E-state index contributed by atoms with van der Waals surface area (Å²) >= 11 is 0. The normalized spacial score (nSPS) is 14.5. The Morgan fingerprint density at radius 1 is 1.03 bits per heavy atom. The Morgan fingerprint density at radius 2 is 1.76 bits per heavy atom. The molecule has 6 heteroatoms. The lowest BCUT2D eigenvalue weighted by Gasteiger charge is -2.20. The van der Waals surface area contributed by atoms with Gasteiger partial charge in [0, 0.05) is 6.42 Å². The molecule has 0 amide bonds. The van der Waals surface area contributed by atoms with E-state index in [2.05, 4.69) is 6.92 Å². The van der Waals surface area contributed by atoms with Gasteiger partial charge in [0.25, 0.3) is 0 Å². The molecule has 0 atom stereocenters. The van der Waals surface area contributed by atoms with Crippen LogP contribution in [0.4, 0.5) is 0 Å². The zero-order valence-corrected chi connectivity index (χ0v) is 19.4. The Balaban J connectivity index is 1.60. The molecule has 174 valence electrons. The predicted molar refractivity (Wildman–Crippen MR) is 130 cm³/mol. The first-order valence-electron chi connectivity index (χ1n) is 12.2. The molecular formula is C27H33N3O3. The average molecular weight is 448 g/mol. The SMILES string of the molecule is CCCCCc1nn(C2CCCCC2)c(=O)n1Cc1ccc(-c2ccccc2C(=O)O)cc1. The lowest BCUT2D eigenvalue weighted by molar-refractivity contribution is 0.0697. The number of aromatic nitrogens is 3. The number of hydrogen-bond donors (Lipinski definition) is 1. The van der Waals surface area contributed by atoms with Crippen LogP contribution in [0.25, 0.3) is 11.1 Å². The third-order valence-electron chi connectivity index (χ3n) is 6.65. The fourth-order valence-corrected chi connectivity index (χ4v) is 4.79. The maximum absolute atomic E-state index is 13.3. The summed E-state index contributed by atoms with van der Waals surface area (Å²) in [7, 11) is 0. The second-order valence-electron chi connectivity index (χ2n) is 9.03. The highest BCUT2D eigenvalue weighted by Gasteiger charge is 2.22. The molecule has 1 aliphatic rings. The Morgan fingerprint density at radius 3 is 2.45 bits per heavy atom. The maximum atomic E-state index is 13.3. The summed E-state index contributed by atoms with van der Waals surface area (Å²) in [6.07, 6.45) is 9.73. The summed E-state index contributed by atoms with van der Waals surface area (Å²) < 4.78 is 3.59. The van der Waals surface area contributed by atoms with Crippen molar-refractivity contribution in [1.82, 2.24) is 14.3 Å². The molecule has 4 rings (SSSR count). The van der Waals surface area contributed by atoms with Crippen LogP contribution in [0.15, 0.2) is 53.3 Å². The van der Waals surface area contributed by atoms with Gasteiger partial charge >= 0.3 is 11.7 Å². The van der Waals surface area contributed by atoms with Crippen LogP contribution in [0.5, 0.6) is 0 Å². The van der Waals surface area contributed by atoms with Crippen molar-refractivity contribution in [2.75, 3.05) is 0 Å². The second kappa shape index (κ2) is 10.6. The molecule has 0 unspecified atom stereocenters. The molecule has 0 spiro atoms. The van der Waals surface area contributed by atoms with E-state index in [1.807, 2.05) is 41.0 Å². The maximum Gasteiger partial charge on any atom is 0.346 e. The van der Waals surface area contributed by atoms with E-state index in [0.717, 1.165) is 68.3 Å². The van der Waals surface area contributed by atoms with Crippen LogP contribution in [0.2, 0.25) is 0 Å². The number of aryl methyl sites for hydroxylation is 1. The summed E-state index contributed by atoms with van der Waals surface area (Å²) in [5, 5.41) is 14.3. The van der Waals surface area contributed by atoms with Gasteiger partial charge in [-0.25, -0.2) is 14.3 Å². The smallest absolute Gasteiger partial charge is 0.346 e. The molecule has 1 aliphatic carbocycles. The van der Waals surface area contributed by atoms with Gasteiger partial charge in [0.15, 0.2) is 0 Å². The minimum Gasteiger partial charge on any atom is -0.478 e. The van der Waals surface area contributed by atoms with Crippen molar-refractivity contribution in [3.05, 3.63) is 76.0 Å². The fourth-order valence-electron chi connectivity index (χ4n) is 4.79. The van der Waals surface area contributed by atoms with Crippen molar-refractivity contribution >= 4 is 5.97 Å². The van der Waals surface area contributed by atoms with Crippen molar-refractivity contribution < 1.29 is 9.90 Å². The molecule has 3 aromatic rings. The third kappa shape index (κ3) is 5.27. The van der Waals surface area contributed by atoms with Gasteiger partial charge in [-0.2, -0.15) is 5.10 Å². The van der Waals surface area contributed by atoms with Gasteiger partial charge in [-0.3, -0.25) is 4.57 Å². The Hall–Kier alpha value is -3.15. The Bertz CT molecular complexity index is 1140. The summed E-state index contributed by atoms with van der Waals surface area (Å²) in [5.41, 5.74) is 2.83. The van der Waals surface area contributed by atoms with Gasteiger partial charge in [0.2, 0.25) is 0 Å². The first-order chi connectivity index (χ1) is 16.1. The summed E-state index contributed by atoms with van der Waals surface area (Å²) in [6.45, 7) is 2.66. The van der Waals surface area contributed by atoms with Crippen molar-refractivity contribution in [2.45, 2.75) is 77.3 Å². The average Bonchev–Trinajstić information content (AvgIpc) is 3.15. The number of aromatic carboxylic acids is 1. The topological polar surface area (TPSA) is 77.1 Å². The molecule has 2 aromatic carbocycles. The minimum atomic E-state index is -0.937. The summed E-state index contributed by atoms with van der Waals surface area (Å²) in [5.74, 6) is -0.0626. The van der Waals surface area contributed by atoms with E-state index in [1.54, 1.807) is 16.8 Å². The molecule has 0 radical (unpaired) electrons. The van der Waals surface area contributed by atoms with Crippen LogP contribution >= 0.6 is 0 Å². The highest BCUT2D eigenvalue weighted by molar-refractivity contribution is 5.95. The van der Waals surface area contributed by atoms with E-state index < -0.39 is 5.97 Å². The summed E-state index contributed by atoms with van der Waals surface area (Å²) in [6, 6.07) is 15.1. The highest BCUT2D eigenvalue weighted by Crippen LogP contribution is 2.27. The Kier molecular flexibility index (Phi) is 7.43. The van der Waals surface area contributed by atoms with Gasteiger partial charge in [-0.15, -0.1) is 0 Å². The van der Waals surface area contributed by atoms with E-state index in [9.17, 15) is 14.7 Å². The molecular weight excluding hydrogens is 414 g/mol. The van der Waals surface area contributed by atoms with E-state index in [4.69, 9.17) is 5.10 Å². The molecule has 1 heterocycles. The molecule has 1 aromatic heterocycles.